The summed E-state index contributed by atoms with van der Waals surface area (Å²) in [6.07, 6.45) is 1.85. The van der Waals surface area contributed by atoms with E-state index in [0.717, 1.165) is 31.5 Å². The smallest absolute Gasteiger partial charge is 0.251 e. The minimum Gasteiger partial charge on any atom is -0.384 e. The molecule has 1 amide bonds. The van der Waals surface area contributed by atoms with Crippen LogP contribution < -0.4 is 10.6 Å². The number of amides is 1. The fourth-order valence-corrected chi connectivity index (χ4v) is 4.65. The van der Waals surface area contributed by atoms with Crippen LogP contribution in [0.3, 0.4) is 0 Å². The van der Waals surface area contributed by atoms with E-state index in [2.05, 4.69) is 10.6 Å². The third kappa shape index (κ3) is 5.45. The van der Waals surface area contributed by atoms with Crippen molar-refractivity contribution in [1.29, 1.82) is 0 Å². The monoisotopic (exact) mass is 433 g/mol. The predicted octanol–water partition coefficient (Wildman–Crippen LogP) is 1.72. The summed E-state index contributed by atoms with van der Waals surface area (Å²) in [5, 5.41) is 6.32. The molecule has 1 fully saturated rings. The van der Waals surface area contributed by atoms with Crippen LogP contribution in [0, 0.1) is 19.3 Å². The van der Waals surface area contributed by atoms with Crippen molar-refractivity contribution in [2.45, 2.75) is 31.6 Å². The van der Waals surface area contributed by atoms with Crippen molar-refractivity contribution in [3.05, 3.63) is 28.8 Å². The van der Waals surface area contributed by atoms with E-state index in [1.807, 2.05) is 6.92 Å². The zero-order valence-electron chi connectivity index (χ0n) is 17.3. The van der Waals surface area contributed by atoms with E-state index in [1.165, 1.54) is 24.5 Å². The first-order valence-electron chi connectivity index (χ1n) is 9.15. The van der Waals surface area contributed by atoms with Gasteiger partial charge in [-0.2, -0.15) is 0 Å². The molecule has 0 aromatic heterocycles. The average Bonchev–Trinajstić information content (AvgIpc) is 2.62. The van der Waals surface area contributed by atoms with Gasteiger partial charge in [-0.25, -0.2) is 12.7 Å². The zero-order valence-corrected chi connectivity index (χ0v) is 18.9. The van der Waals surface area contributed by atoms with Gasteiger partial charge in [-0.05, 0) is 63.0 Å². The van der Waals surface area contributed by atoms with Crippen LogP contribution in [0.15, 0.2) is 17.0 Å². The fraction of sp³-hybridized carbons (Fsp3) is 0.632. The van der Waals surface area contributed by atoms with Gasteiger partial charge in [0, 0.05) is 38.7 Å². The molecule has 0 unspecified atom stereocenters. The van der Waals surface area contributed by atoms with Gasteiger partial charge in [0.15, 0.2) is 0 Å². The van der Waals surface area contributed by atoms with Crippen molar-refractivity contribution in [2.24, 2.45) is 5.41 Å². The van der Waals surface area contributed by atoms with Crippen LogP contribution in [0.25, 0.3) is 0 Å². The van der Waals surface area contributed by atoms with Crippen LogP contribution in [0.5, 0.6) is 0 Å². The number of piperidine rings is 1. The average molecular weight is 434 g/mol. The highest BCUT2D eigenvalue weighted by atomic mass is 35.5. The maximum Gasteiger partial charge on any atom is 0.251 e. The Labute approximate surface area is 174 Å². The number of hydrogen-bond acceptors (Lipinski definition) is 5. The molecule has 9 heteroatoms. The number of carbonyl (C=O) groups excluding carboxylic acids is 1. The molecular formula is C19H32ClN3O4S. The van der Waals surface area contributed by atoms with Gasteiger partial charge in [0.1, 0.15) is 0 Å². The van der Waals surface area contributed by atoms with E-state index in [0.29, 0.717) is 24.3 Å². The number of nitrogens with zero attached hydrogens (tertiary/aromatic N) is 1. The van der Waals surface area contributed by atoms with Crippen molar-refractivity contribution < 1.29 is 17.9 Å². The second-order valence-electron chi connectivity index (χ2n) is 7.57. The lowest BCUT2D eigenvalue weighted by molar-refractivity contribution is 0.0511. The standard InChI is InChI=1S/C19H31N3O4S.ClH/c1-14-10-16(11-17(15(14)2)27(24,25)22(3)4)18(23)21-12-19(13-26-5)6-8-20-9-7-19;/h10-11,20H,6-9,12-13H2,1-5H3,(H,21,23);1H. The van der Waals surface area contributed by atoms with Crippen molar-refractivity contribution in [3.8, 4) is 0 Å². The molecule has 7 nitrogen and oxygen atoms in total. The lowest BCUT2D eigenvalue weighted by Gasteiger charge is -2.37. The van der Waals surface area contributed by atoms with Crippen molar-refractivity contribution in [3.63, 3.8) is 0 Å². The Morgan fingerprint density at radius 2 is 1.86 bits per heavy atom. The highest BCUT2D eigenvalue weighted by Crippen LogP contribution is 2.29. The van der Waals surface area contributed by atoms with Gasteiger partial charge in [0.2, 0.25) is 10.0 Å². The minimum absolute atomic E-state index is 0. The molecule has 1 saturated heterocycles. The molecule has 0 spiro atoms. The first-order chi connectivity index (χ1) is 12.6. The normalized spacial score (nSPS) is 16.5. The molecule has 1 aliphatic heterocycles. The molecule has 1 aromatic carbocycles. The molecule has 1 heterocycles. The van der Waals surface area contributed by atoms with E-state index in [4.69, 9.17) is 4.74 Å². The van der Waals surface area contributed by atoms with Gasteiger partial charge in [-0.1, -0.05) is 0 Å². The Bertz CT molecular complexity index is 785. The van der Waals surface area contributed by atoms with Gasteiger partial charge in [-0.15, -0.1) is 12.4 Å². The van der Waals surface area contributed by atoms with Crippen LogP contribution in [0.4, 0.5) is 0 Å². The van der Waals surface area contributed by atoms with Crippen molar-refractivity contribution in [1.82, 2.24) is 14.9 Å². The summed E-state index contributed by atoms with van der Waals surface area (Å²) in [6, 6.07) is 3.21. The Kier molecular flexibility index (Phi) is 8.90. The Hall–Kier alpha value is -1.19. The van der Waals surface area contributed by atoms with Crippen LogP contribution in [-0.4, -0.2) is 66.1 Å². The summed E-state index contributed by atoms with van der Waals surface area (Å²) in [7, 11) is 1.03. The van der Waals surface area contributed by atoms with Gasteiger partial charge in [0.05, 0.1) is 11.5 Å². The zero-order chi connectivity index (χ0) is 20.2. The molecule has 2 N–H and O–H groups in total. The molecule has 28 heavy (non-hydrogen) atoms. The molecule has 0 atom stereocenters. The summed E-state index contributed by atoms with van der Waals surface area (Å²) in [5.74, 6) is -0.262. The molecular weight excluding hydrogens is 402 g/mol. The van der Waals surface area contributed by atoms with Crippen molar-refractivity contribution >= 4 is 28.3 Å². The number of aryl methyl sites for hydroxylation is 1. The first-order valence-corrected chi connectivity index (χ1v) is 10.6. The van der Waals surface area contributed by atoms with Gasteiger partial charge in [-0.3, -0.25) is 4.79 Å². The topological polar surface area (TPSA) is 87.7 Å². The summed E-state index contributed by atoms with van der Waals surface area (Å²) in [4.78, 5) is 12.9. The maximum absolute atomic E-state index is 12.8. The third-order valence-corrected chi connectivity index (χ3v) is 7.32. The van der Waals surface area contributed by atoms with Crippen molar-refractivity contribution in [2.75, 3.05) is 47.4 Å². The number of carbonyl (C=O) groups is 1. The molecule has 0 saturated carbocycles. The number of hydrogen-bond donors (Lipinski definition) is 2. The molecule has 1 aliphatic rings. The lowest BCUT2D eigenvalue weighted by atomic mass is 9.79. The number of methoxy groups -OCH3 is 1. The number of rotatable bonds is 7. The van der Waals surface area contributed by atoms with E-state index >= 15 is 0 Å². The summed E-state index contributed by atoms with van der Waals surface area (Å²) >= 11 is 0. The number of nitrogens with one attached hydrogen (secondary N) is 2. The summed E-state index contributed by atoms with van der Waals surface area (Å²) < 4.78 is 31.7. The highest BCUT2D eigenvalue weighted by molar-refractivity contribution is 7.89. The molecule has 1 aromatic rings. The van der Waals surface area contributed by atoms with Crippen LogP contribution >= 0.6 is 12.4 Å². The Morgan fingerprint density at radius 3 is 2.39 bits per heavy atom. The summed E-state index contributed by atoms with van der Waals surface area (Å²) in [5.41, 5.74) is 1.71. The third-order valence-electron chi connectivity index (χ3n) is 5.38. The number of halogens is 1. The predicted molar refractivity (Wildman–Crippen MR) is 113 cm³/mol. The van der Waals surface area contributed by atoms with E-state index in [-0.39, 0.29) is 28.6 Å². The van der Waals surface area contributed by atoms with Gasteiger partial charge < -0.3 is 15.4 Å². The maximum atomic E-state index is 12.8. The van der Waals surface area contributed by atoms with E-state index in [1.54, 1.807) is 20.1 Å². The van der Waals surface area contributed by atoms with Gasteiger partial charge in [0.25, 0.3) is 5.91 Å². The van der Waals surface area contributed by atoms with E-state index in [9.17, 15) is 13.2 Å². The summed E-state index contributed by atoms with van der Waals surface area (Å²) in [6.45, 7) is 6.46. The second-order valence-corrected chi connectivity index (χ2v) is 9.69. The molecule has 0 bridgehead atoms. The van der Waals surface area contributed by atoms with Gasteiger partial charge >= 0.3 is 0 Å². The SMILES string of the molecule is COCC1(CNC(=O)c2cc(C)c(C)c(S(=O)(=O)N(C)C)c2)CCNCC1.Cl. The minimum atomic E-state index is -3.62. The second kappa shape index (κ2) is 10.0. The molecule has 0 aliphatic carbocycles. The van der Waals surface area contributed by atoms with E-state index < -0.39 is 10.0 Å². The molecule has 2 rings (SSSR count). The highest BCUT2D eigenvalue weighted by Gasteiger charge is 2.33. The van der Waals surface area contributed by atoms with Crippen LogP contribution in [-0.2, 0) is 14.8 Å². The number of ether oxygens (including phenoxy) is 1. The Balaban J connectivity index is 0.00000392. The quantitative estimate of drug-likeness (QED) is 0.683. The van der Waals surface area contributed by atoms with Crippen LogP contribution in [0.2, 0.25) is 0 Å². The molecule has 160 valence electrons. The fourth-order valence-electron chi connectivity index (χ4n) is 3.43. The molecule has 0 radical (unpaired) electrons. The lowest BCUT2D eigenvalue weighted by Crippen LogP contribution is -2.47. The number of sulfonamides is 1. The Morgan fingerprint density at radius 1 is 1.25 bits per heavy atom. The first kappa shape index (κ1) is 24.8. The number of benzene rings is 1. The largest absolute Gasteiger partial charge is 0.384 e. The van der Waals surface area contributed by atoms with Crippen LogP contribution in [0.1, 0.15) is 34.3 Å².